The number of benzene rings is 1. The zero-order valence-electron chi connectivity index (χ0n) is 15.9. The number of alkyl halides is 3. The predicted molar refractivity (Wildman–Crippen MR) is 106 cm³/mol. The molecule has 0 unspecified atom stereocenters. The normalized spacial score (nSPS) is 11.2. The first-order chi connectivity index (χ1) is 14.4. The van der Waals surface area contributed by atoms with E-state index in [0.29, 0.717) is 23.6 Å². The number of halogens is 3. The van der Waals surface area contributed by atoms with Gasteiger partial charge in [0, 0.05) is 37.1 Å². The summed E-state index contributed by atoms with van der Waals surface area (Å²) in [6.07, 6.45) is -0.621. The Bertz CT molecular complexity index is 955. The van der Waals surface area contributed by atoms with Gasteiger partial charge in [0.25, 0.3) is 0 Å². The molecular weight excluding hydrogens is 399 g/mol. The van der Waals surface area contributed by atoms with Gasteiger partial charge in [-0.2, -0.15) is 4.98 Å². The van der Waals surface area contributed by atoms with Gasteiger partial charge in [-0.15, -0.1) is 13.2 Å². The lowest BCUT2D eigenvalue weighted by Gasteiger charge is -2.13. The topological polar surface area (TPSA) is 92.2 Å². The Morgan fingerprint density at radius 2 is 1.77 bits per heavy atom. The largest absolute Gasteiger partial charge is 0.573 e. The summed E-state index contributed by atoms with van der Waals surface area (Å²) in [5, 5.41) is 15.1. The highest BCUT2D eigenvalue weighted by molar-refractivity contribution is 5.66. The molecule has 0 atom stereocenters. The van der Waals surface area contributed by atoms with Crippen molar-refractivity contribution in [3.05, 3.63) is 60.4 Å². The molecule has 3 rings (SSSR count). The van der Waals surface area contributed by atoms with Crippen LogP contribution in [0.3, 0.4) is 0 Å². The van der Waals surface area contributed by atoms with Crippen LogP contribution in [-0.2, 0) is 6.42 Å². The first-order valence-electron chi connectivity index (χ1n) is 9.16. The molecule has 0 aliphatic rings. The zero-order valence-corrected chi connectivity index (χ0v) is 15.9. The van der Waals surface area contributed by atoms with E-state index in [4.69, 9.17) is 5.11 Å². The van der Waals surface area contributed by atoms with E-state index in [9.17, 15) is 13.2 Å². The maximum Gasteiger partial charge on any atom is 0.573 e. The summed E-state index contributed by atoms with van der Waals surface area (Å²) in [4.78, 5) is 12.6. The van der Waals surface area contributed by atoms with Crippen molar-refractivity contribution in [3.8, 4) is 17.0 Å². The van der Waals surface area contributed by atoms with Crippen LogP contribution < -0.4 is 15.4 Å². The molecule has 0 radical (unpaired) electrons. The standard InChI is InChI=1S/C20H20F3N5O2/c21-20(22,23)30-16-3-1-2-15(12-16)17-13-18(28-19(27-17)26-10-11-29)25-9-6-14-4-7-24-8-5-14/h1-5,7-8,12-13,29H,6,9-11H2,(H2,25,26,27,28). The molecule has 0 bridgehead atoms. The summed E-state index contributed by atoms with van der Waals surface area (Å²) in [6, 6.07) is 11.0. The molecular formula is C20H20F3N5O2. The van der Waals surface area contributed by atoms with Crippen molar-refractivity contribution in [2.24, 2.45) is 0 Å². The highest BCUT2D eigenvalue weighted by atomic mass is 19.4. The Morgan fingerprint density at radius 1 is 0.967 bits per heavy atom. The smallest absolute Gasteiger partial charge is 0.406 e. The lowest BCUT2D eigenvalue weighted by atomic mass is 10.1. The van der Waals surface area contributed by atoms with E-state index in [1.165, 1.54) is 18.2 Å². The second-order valence-electron chi connectivity index (χ2n) is 6.22. The first-order valence-corrected chi connectivity index (χ1v) is 9.16. The minimum atomic E-state index is -4.78. The molecule has 30 heavy (non-hydrogen) atoms. The summed E-state index contributed by atoms with van der Waals surface area (Å²) in [5.74, 6) is 0.405. The predicted octanol–water partition coefficient (Wildman–Crippen LogP) is 3.50. The van der Waals surface area contributed by atoms with Gasteiger partial charge in [-0.05, 0) is 36.2 Å². The summed E-state index contributed by atoms with van der Waals surface area (Å²) >= 11 is 0. The third-order valence-electron chi connectivity index (χ3n) is 3.95. The van der Waals surface area contributed by atoms with Crippen molar-refractivity contribution in [1.29, 1.82) is 0 Å². The Labute approximate surface area is 171 Å². The van der Waals surface area contributed by atoms with Gasteiger partial charge in [-0.1, -0.05) is 12.1 Å². The maximum atomic E-state index is 12.5. The fourth-order valence-electron chi connectivity index (χ4n) is 2.67. The van der Waals surface area contributed by atoms with Crippen molar-refractivity contribution >= 4 is 11.8 Å². The second-order valence-corrected chi connectivity index (χ2v) is 6.22. The lowest BCUT2D eigenvalue weighted by molar-refractivity contribution is -0.274. The summed E-state index contributed by atoms with van der Waals surface area (Å²) in [5.41, 5.74) is 1.94. The van der Waals surface area contributed by atoms with E-state index in [1.54, 1.807) is 24.5 Å². The molecule has 7 nitrogen and oxygen atoms in total. The zero-order chi connectivity index (χ0) is 21.4. The minimum Gasteiger partial charge on any atom is -0.406 e. The van der Waals surface area contributed by atoms with Crippen LogP contribution in [0.5, 0.6) is 5.75 Å². The van der Waals surface area contributed by atoms with Crippen LogP contribution in [0.2, 0.25) is 0 Å². The Hall–Kier alpha value is -3.40. The van der Waals surface area contributed by atoms with E-state index in [0.717, 1.165) is 12.0 Å². The molecule has 0 amide bonds. The number of nitrogens with one attached hydrogen (secondary N) is 2. The third-order valence-corrected chi connectivity index (χ3v) is 3.95. The van der Waals surface area contributed by atoms with Crippen LogP contribution in [-0.4, -0.2) is 46.1 Å². The number of hydrogen-bond donors (Lipinski definition) is 3. The van der Waals surface area contributed by atoms with Crippen molar-refractivity contribution in [2.75, 3.05) is 30.3 Å². The number of rotatable bonds is 9. The number of aromatic nitrogens is 3. The summed E-state index contributed by atoms with van der Waals surface area (Å²) in [7, 11) is 0. The van der Waals surface area contributed by atoms with Crippen molar-refractivity contribution < 1.29 is 23.0 Å². The number of aliphatic hydroxyl groups excluding tert-OH is 1. The van der Waals surface area contributed by atoms with Crippen LogP contribution in [0.4, 0.5) is 24.9 Å². The molecule has 0 saturated heterocycles. The number of ether oxygens (including phenoxy) is 1. The first kappa shape index (κ1) is 21.3. The molecule has 0 aliphatic heterocycles. The molecule has 2 heterocycles. The Balaban J connectivity index is 1.81. The average Bonchev–Trinajstić information content (AvgIpc) is 2.72. The van der Waals surface area contributed by atoms with Gasteiger partial charge in [-0.25, -0.2) is 4.98 Å². The fraction of sp³-hybridized carbons (Fsp3) is 0.250. The molecule has 2 aromatic heterocycles. The number of nitrogens with zero attached hydrogens (tertiary/aromatic N) is 3. The Morgan fingerprint density at radius 3 is 2.50 bits per heavy atom. The van der Waals surface area contributed by atoms with E-state index in [2.05, 4.69) is 30.3 Å². The molecule has 0 aliphatic carbocycles. The lowest BCUT2D eigenvalue weighted by Crippen LogP contribution is -2.17. The molecule has 0 saturated carbocycles. The molecule has 10 heteroatoms. The Kier molecular flexibility index (Phi) is 7.02. The number of hydrogen-bond acceptors (Lipinski definition) is 7. The monoisotopic (exact) mass is 419 g/mol. The van der Waals surface area contributed by atoms with Crippen molar-refractivity contribution in [1.82, 2.24) is 15.0 Å². The number of pyridine rings is 1. The van der Waals surface area contributed by atoms with Gasteiger partial charge in [0.2, 0.25) is 5.95 Å². The van der Waals surface area contributed by atoms with E-state index in [-0.39, 0.29) is 24.8 Å². The third kappa shape index (κ3) is 6.59. The van der Waals surface area contributed by atoms with Crippen LogP contribution >= 0.6 is 0 Å². The molecule has 0 fully saturated rings. The van der Waals surface area contributed by atoms with Gasteiger partial charge in [0.15, 0.2) is 0 Å². The van der Waals surface area contributed by atoms with Gasteiger partial charge in [-0.3, -0.25) is 4.98 Å². The van der Waals surface area contributed by atoms with Gasteiger partial charge in [0.1, 0.15) is 11.6 Å². The van der Waals surface area contributed by atoms with Crippen molar-refractivity contribution in [3.63, 3.8) is 0 Å². The maximum absolute atomic E-state index is 12.5. The minimum absolute atomic E-state index is 0.118. The number of aliphatic hydroxyl groups is 1. The van der Waals surface area contributed by atoms with Crippen LogP contribution in [0, 0.1) is 0 Å². The van der Waals surface area contributed by atoms with Gasteiger partial charge >= 0.3 is 6.36 Å². The summed E-state index contributed by atoms with van der Waals surface area (Å²) < 4.78 is 41.6. The second kappa shape index (κ2) is 9.88. The van der Waals surface area contributed by atoms with Crippen LogP contribution in [0.1, 0.15) is 5.56 Å². The number of anilines is 2. The van der Waals surface area contributed by atoms with Gasteiger partial charge in [0.05, 0.1) is 12.3 Å². The van der Waals surface area contributed by atoms with E-state index in [1.807, 2.05) is 12.1 Å². The summed E-state index contributed by atoms with van der Waals surface area (Å²) in [6.45, 7) is 0.696. The molecule has 158 valence electrons. The quantitative estimate of drug-likeness (QED) is 0.489. The molecule has 0 spiro atoms. The van der Waals surface area contributed by atoms with Crippen LogP contribution in [0.25, 0.3) is 11.3 Å². The SMILES string of the molecule is OCCNc1nc(NCCc2ccncc2)cc(-c2cccc(OC(F)(F)F)c2)n1. The van der Waals surface area contributed by atoms with Gasteiger partial charge < -0.3 is 20.5 Å². The average molecular weight is 419 g/mol. The van der Waals surface area contributed by atoms with Crippen molar-refractivity contribution in [2.45, 2.75) is 12.8 Å². The van der Waals surface area contributed by atoms with E-state index < -0.39 is 6.36 Å². The van der Waals surface area contributed by atoms with E-state index >= 15 is 0 Å². The fourth-order valence-corrected chi connectivity index (χ4v) is 2.67. The highest BCUT2D eigenvalue weighted by Crippen LogP contribution is 2.28. The van der Waals surface area contributed by atoms with Crippen LogP contribution in [0.15, 0.2) is 54.9 Å². The molecule has 1 aromatic carbocycles. The molecule has 3 N–H and O–H groups in total. The molecule has 3 aromatic rings. The highest BCUT2D eigenvalue weighted by Gasteiger charge is 2.31.